The summed E-state index contributed by atoms with van der Waals surface area (Å²) in [6.07, 6.45) is 2.16. The van der Waals surface area contributed by atoms with Gasteiger partial charge in [0.25, 0.3) is 11.8 Å². The number of likely N-dealkylation sites (tertiary alicyclic amines) is 1. The molecule has 1 fully saturated rings. The first-order valence-electron chi connectivity index (χ1n) is 8.92. The molecular formula is C21H21N3O2. The molecule has 4 rings (SSSR count). The lowest BCUT2D eigenvalue weighted by Crippen LogP contribution is -2.27. The largest absolute Gasteiger partial charge is 0.339 e. The summed E-state index contributed by atoms with van der Waals surface area (Å²) in [5, 5.41) is 4.11. The lowest BCUT2D eigenvalue weighted by Gasteiger charge is -2.15. The molecule has 0 N–H and O–H groups in total. The van der Waals surface area contributed by atoms with Crippen molar-refractivity contribution in [3.05, 3.63) is 59.2 Å². The molecule has 1 saturated heterocycles. The van der Waals surface area contributed by atoms with Crippen molar-refractivity contribution in [1.29, 1.82) is 0 Å². The first-order chi connectivity index (χ1) is 12.6. The first-order valence-corrected chi connectivity index (χ1v) is 8.92. The van der Waals surface area contributed by atoms with Crippen LogP contribution >= 0.6 is 0 Å². The van der Waals surface area contributed by atoms with E-state index in [1.54, 1.807) is 0 Å². The van der Waals surface area contributed by atoms with Crippen molar-refractivity contribution in [1.82, 2.24) is 15.0 Å². The molecule has 0 aliphatic carbocycles. The van der Waals surface area contributed by atoms with E-state index in [2.05, 4.69) is 16.2 Å². The van der Waals surface area contributed by atoms with Gasteiger partial charge in [-0.2, -0.15) is 4.98 Å². The summed E-state index contributed by atoms with van der Waals surface area (Å²) in [6, 6.07) is 13.6. The Morgan fingerprint density at radius 3 is 2.46 bits per heavy atom. The number of nitrogens with zero attached hydrogens (tertiary/aromatic N) is 3. The summed E-state index contributed by atoms with van der Waals surface area (Å²) in [7, 11) is 0. The Balaban J connectivity index is 1.63. The smallest absolute Gasteiger partial charge is 0.258 e. The Morgan fingerprint density at radius 2 is 1.73 bits per heavy atom. The van der Waals surface area contributed by atoms with Crippen LogP contribution in [0.25, 0.3) is 22.8 Å². The summed E-state index contributed by atoms with van der Waals surface area (Å²) in [5.74, 6) is 1.06. The number of rotatable bonds is 3. The van der Waals surface area contributed by atoms with E-state index in [0.29, 0.717) is 17.3 Å². The molecule has 0 unspecified atom stereocenters. The van der Waals surface area contributed by atoms with E-state index in [0.717, 1.165) is 48.2 Å². The molecular weight excluding hydrogens is 326 g/mol. The van der Waals surface area contributed by atoms with Crippen LogP contribution in [-0.2, 0) is 0 Å². The van der Waals surface area contributed by atoms with Gasteiger partial charge in [-0.1, -0.05) is 34.5 Å². The number of amides is 1. The zero-order chi connectivity index (χ0) is 18.1. The topological polar surface area (TPSA) is 59.2 Å². The van der Waals surface area contributed by atoms with Gasteiger partial charge in [0.1, 0.15) is 0 Å². The van der Waals surface area contributed by atoms with E-state index in [9.17, 15) is 4.79 Å². The van der Waals surface area contributed by atoms with Crippen LogP contribution < -0.4 is 0 Å². The second-order valence-corrected chi connectivity index (χ2v) is 6.88. The van der Waals surface area contributed by atoms with E-state index in [1.807, 2.05) is 55.1 Å². The normalized spacial score (nSPS) is 14.0. The SMILES string of the molecule is Cc1cc(C)cc(-c2nc(-c3cccc(C(=O)N4CCCC4)c3)no2)c1. The fourth-order valence-corrected chi connectivity index (χ4v) is 3.45. The highest BCUT2D eigenvalue weighted by atomic mass is 16.5. The van der Waals surface area contributed by atoms with Crippen molar-refractivity contribution in [2.45, 2.75) is 26.7 Å². The van der Waals surface area contributed by atoms with E-state index in [-0.39, 0.29) is 5.91 Å². The van der Waals surface area contributed by atoms with Gasteiger partial charge in [-0.3, -0.25) is 4.79 Å². The number of benzene rings is 2. The third kappa shape index (κ3) is 3.25. The van der Waals surface area contributed by atoms with Crippen molar-refractivity contribution in [2.75, 3.05) is 13.1 Å². The minimum atomic E-state index is 0.0716. The predicted molar refractivity (Wildman–Crippen MR) is 99.8 cm³/mol. The second kappa shape index (κ2) is 6.75. The second-order valence-electron chi connectivity index (χ2n) is 6.88. The minimum absolute atomic E-state index is 0.0716. The molecule has 2 aromatic carbocycles. The van der Waals surface area contributed by atoms with Gasteiger partial charge in [0.05, 0.1) is 0 Å². The van der Waals surface area contributed by atoms with E-state index >= 15 is 0 Å². The van der Waals surface area contributed by atoms with Gasteiger partial charge >= 0.3 is 0 Å². The Labute approximate surface area is 152 Å². The molecule has 0 bridgehead atoms. The summed E-state index contributed by atoms with van der Waals surface area (Å²) >= 11 is 0. The fourth-order valence-electron chi connectivity index (χ4n) is 3.45. The highest BCUT2D eigenvalue weighted by Crippen LogP contribution is 2.25. The van der Waals surface area contributed by atoms with Crippen LogP contribution in [0, 0.1) is 13.8 Å². The lowest BCUT2D eigenvalue weighted by atomic mass is 10.1. The van der Waals surface area contributed by atoms with Crippen LogP contribution in [0.5, 0.6) is 0 Å². The van der Waals surface area contributed by atoms with E-state index < -0.39 is 0 Å². The molecule has 26 heavy (non-hydrogen) atoms. The van der Waals surface area contributed by atoms with Crippen LogP contribution in [-0.4, -0.2) is 34.0 Å². The Hall–Kier alpha value is -2.95. The van der Waals surface area contributed by atoms with Gasteiger partial charge in [0.2, 0.25) is 5.82 Å². The fraction of sp³-hybridized carbons (Fsp3) is 0.286. The standard InChI is InChI=1S/C21H21N3O2/c1-14-10-15(2)12-18(11-14)20-22-19(23-26-20)16-6-5-7-17(13-16)21(25)24-8-3-4-9-24/h5-7,10-13H,3-4,8-9H2,1-2H3. The van der Waals surface area contributed by atoms with Gasteiger partial charge in [-0.25, -0.2) is 0 Å². The molecule has 1 aliphatic heterocycles. The number of aromatic nitrogens is 2. The van der Waals surface area contributed by atoms with Gasteiger partial charge in [0.15, 0.2) is 0 Å². The molecule has 0 saturated carbocycles. The van der Waals surface area contributed by atoms with Gasteiger partial charge < -0.3 is 9.42 Å². The average Bonchev–Trinajstić information content (AvgIpc) is 3.32. The molecule has 5 nitrogen and oxygen atoms in total. The van der Waals surface area contributed by atoms with Gasteiger partial charge in [0, 0.05) is 29.8 Å². The van der Waals surface area contributed by atoms with E-state index in [1.165, 1.54) is 0 Å². The quantitative estimate of drug-likeness (QED) is 0.710. The van der Waals surface area contributed by atoms with Crippen LogP contribution in [0.2, 0.25) is 0 Å². The molecule has 132 valence electrons. The van der Waals surface area contributed by atoms with Crippen LogP contribution in [0.1, 0.15) is 34.3 Å². The zero-order valence-corrected chi connectivity index (χ0v) is 15.0. The number of carbonyl (C=O) groups is 1. The molecule has 5 heteroatoms. The average molecular weight is 347 g/mol. The van der Waals surface area contributed by atoms with Gasteiger partial charge in [-0.05, 0) is 51.0 Å². The maximum absolute atomic E-state index is 12.6. The van der Waals surface area contributed by atoms with Crippen molar-refractivity contribution in [3.8, 4) is 22.8 Å². The number of aryl methyl sites for hydroxylation is 2. The maximum Gasteiger partial charge on any atom is 0.258 e. The predicted octanol–water partition coefficient (Wildman–Crippen LogP) is 4.26. The Kier molecular flexibility index (Phi) is 4.29. The van der Waals surface area contributed by atoms with Crippen LogP contribution in [0.15, 0.2) is 47.0 Å². The summed E-state index contributed by atoms with van der Waals surface area (Å²) in [5.41, 5.74) is 4.66. The van der Waals surface area contributed by atoms with Crippen molar-refractivity contribution >= 4 is 5.91 Å². The lowest BCUT2D eigenvalue weighted by molar-refractivity contribution is 0.0793. The highest BCUT2D eigenvalue weighted by molar-refractivity contribution is 5.95. The third-order valence-corrected chi connectivity index (χ3v) is 4.66. The summed E-state index contributed by atoms with van der Waals surface area (Å²) < 4.78 is 5.46. The van der Waals surface area contributed by atoms with Crippen molar-refractivity contribution in [2.24, 2.45) is 0 Å². The molecule has 1 amide bonds. The molecule has 1 aromatic heterocycles. The Bertz CT molecular complexity index is 935. The Morgan fingerprint density at radius 1 is 1.00 bits per heavy atom. The first kappa shape index (κ1) is 16.5. The highest BCUT2D eigenvalue weighted by Gasteiger charge is 2.20. The number of hydrogen-bond acceptors (Lipinski definition) is 4. The molecule has 3 aromatic rings. The molecule has 0 radical (unpaired) electrons. The minimum Gasteiger partial charge on any atom is -0.339 e. The molecule has 1 aliphatic rings. The molecule has 0 atom stereocenters. The maximum atomic E-state index is 12.6. The number of hydrogen-bond donors (Lipinski definition) is 0. The third-order valence-electron chi connectivity index (χ3n) is 4.66. The number of carbonyl (C=O) groups excluding carboxylic acids is 1. The summed E-state index contributed by atoms with van der Waals surface area (Å²) in [4.78, 5) is 19.0. The van der Waals surface area contributed by atoms with Crippen molar-refractivity contribution in [3.63, 3.8) is 0 Å². The van der Waals surface area contributed by atoms with Gasteiger partial charge in [-0.15, -0.1) is 0 Å². The molecule has 0 spiro atoms. The summed E-state index contributed by atoms with van der Waals surface area (Å²) in [6.45, 7) is 5.76. The monoisotopic (exact) mass is 347 g/mol. The van der Waals surface area contributed by atoms with Crippen LogP contribution in [0.4, 0.5) is 0 Å². The zero-order valence-electron chi connectivity index (χ0n) is 15.0. The van der Waals surface area contributed by atoms with E-state index in [4.69, 9.17) is 4.52 Å². The van der Waals surface area contributed by atoms with Crippen molar-refractivity contribution < 1.29 is 9.32 Å². The van der Waals surface area contributed by atoms with Crippen LogP contribution in [0.3, 0.4) is 0 Å². The molecule has 2 heterocycles.